The van der Waals surface area contributed by atoms with Crippen molar-refractivity contribution in [3.05, 3.63) is 0 Å². The van der Waals surface area contributed by atoms with Gasteiger partial charge in [0.05, 0.1) is 13.0 Å². The fourth-order valence-electron chi connectivity index (χ4n) is 1.38. The topological polar surface area (TPSA) is 63.6 Å². The first-order valence-electron chi connectivity index (χ1n) is 3.93. The van der Waals surface area contributed by atoms with E-state index < -0.39 is 6.10 Å². The minimum absolute atomic E-state index is 0.171. The second kappa shape index (κ2) is 3.67. The van der Waals surface area contributed by atoms with E-state index in [2.05, 4.69) is 4.74 Å². The maximum atomic E-state index is 11.0. The Morgan fingerprint density at radius 3 is 2.83 bits per heavy atom. The quantitative estimate of drug-likeness (QED) is 0.560. The third kappa shape index (κ3) is 1.82. The normalized spacial score (nSPS) is 30.0. The number of hydrogen-bond acceptors (Lipinski definition) is 4. The largest absolute Gasteiger partial charge is 0.469 e. The lowest BCUT2D eigenvalue weighted by Gasteiger charge is -2.22. The average molecular weight is 172 g/mol. The van der Waals surface area contributed by atoms with Crippen LogP contribution in [0.5, 0.6) is 0 Å². The van der Waals surface area contributed by atoms with Gasteiger partial charge in [0.2, 0.25) is 0 Å². The lowest BCUT2D eigenvalue weighted by Crippen LogP contribution is -2.33. The van der Waals surface area contributed by atoms with Crippen LogP contribution < -0.4 is 0 Å². The lowest BCUT2D eigenvalue weighted by atomic mass is 9.86. The van der Waals surface area contributed by atoms with Gasteiger partial charge in [-0.05, 0) is 12.8 Å². The third-order valence-corrected chi connectivity index (χ3v) is 2.15. The van der Waals surface area contributed by atoms with Crippen LogP contribution in [0.4, 0.5) is 0 Å². The molecule has 68 valence electrons. The summed E-state index contributed by atoms with van der Waals surface area (Å²) in [5.74, 6) is -0.806. The van der Waals surface area contributed by atoms with Gasteiger partial charge in [0.1, 0.15) is 6.10 Å². The number of Topliss-reactive ketones (excluding diaryl/α,β-unsaturated/α-hetero) is 1. The number of ether oxygens (including phenoxy) is 1. The van der Waals surface area contributed by atoms with E-state index in [1.54, 1.807) is 0 Å². The summed E-state index contributed by atoms with van der Waals surface area (Å²) >= 11 is 0. The van der Waals surface area contributed by atoms with Crippen LogP contribution in [0.1, 0.15) is 19.3 Å². The smallest absolute Gasteiger partial charge is 0.308 e. The number of esters is 1. The molecule has 0 bridgehead atoms. The predicted octanol–water partition coefficient (Wildman–Crippen LogP) is -0.111. The van der Waals surface area contributed by atoms with Gasteiger partial charge in [0, 0.05) is 6.42 Å². The number of carbonyl (C=O) groups excluding carboxylic acids is 2. The van der Waals surface area contributed by atoms with Crippen molar-refractivity contribution in [1.82, 2.24) is 0 Å². The summed E-state index contributed by atoms with van der Waals surface area (Å²) in [7, 11) is 1.31. The van der Waals surface area contributed by atoms with Crippen molar-refractivity contribution >= 4 is 11.8 Å². The van der Waals surface area contributed by atoms with Crippen molar-refractivity contribution < 1.29 is 19.4 Å². The highest BCUT2D eigenvalue weighted by Gasteiger charge is 2.31. The molecule has 0 aliphatic heterocycles. The molecular weight excluding hydrogens is 160 g/mol. The van der Waals surface area contributed by atoms with E-state index in [0.29, 0.717) is 6.42 Å². The summed E-state index contributed by atoms with van der Waals surface area (Å²) in [4.78, 5) is 21.8. The maximum absolute atomic E-state index is 11.0. The molecule has 4 nitrogen and oxygen atoms in total. The molecule has 0 aromatic rings. The molecule has 1 fully saturated rings. The highest BCUT2D eigenvalue weighted by atomic mass is 16.5. The summed E-state index contributed by atoms with van der Waals surface area (Å²) in [5, 5.41) is 9.14. The van der Waals surface area contributed by atoms with Crippen LogP contribution in [-0.4, -0.2) is 30.1 Å². The third-order valence-electron chi connectivity index (χ3n) is 2.15. The zero-order chi connectivity index (χ0) is 9.14. The molecule has 1 aliphatic rings. The Morgan fingerprint density at radius 2 is 2.33 bits per heavy atom. The van der Waals surface area contributed by atoms with Crippen molar-refractivity contribution in [3.8, 4) is 0 Å². The first kappa shape index (κ1) is 9.19. The van der Waals surface area contributed by atoms with E-state index >= 15 is 0 Å². The summed E-state index contributed by atoms with van der Waals surface area (Å²) < 4.78 is 4.51. The van der Waals surface area contributed by atoms with Gasteiger partial charge in [-0.1, -0.05) is 0 Å². The molecule has 0 amide bonds. The zero-order valence-corrected chi connectivity index (χ0v) is 6.95. The number of rotatable bonds is 1. The molecule has 1 N–H and O–H groups in total. The van der Waals surface area contributed by atoms with Crippen molar-refractivity contribution in [2.75, 3.05) is 7.11 Å². The van der Waals surface area contributed by atoms with E-state index in [4.69, 9.17) is 5.11 Å². The highest BCUT2D eigenvalue weighted by molar-refractivity contribution is 5.86. The molecule has 1 aliphatic carbocycles. The van der Waals surface area contributed by atoms with Gasteiger partial charge >= 0.3 is 5.97 Å². The predicted molar refractivity (Wildman–Crippen MR) is 40.4 cm³/mol. The number of carbonyl (C=O) groups is 2. The van der Waals surface area contributed by atoms with E-state index in [0.717, 1.165) is 0 Å². The van der Waals surface area contributed by atoms with Crippen molar-refractivity contribution in [2.45, 2.75) is 25.4 Å². The second-order valence-corrected chi connectivity index (χ2v) is 2.98. The second-order valence-electron chi connectivity index (χ2n) is 2.98. The number of aliphatic hydroxyl groups excluding tert-OH is 1. The molecule has 0 spiro atoms. The maximum Gasteiger partial charge on any atom is 0.308 e. The molecule has 0 aromatic carbocycles. The minimum Gasteiger partial charge on any atom is -0.469 e. The van der Waals surface area contributed by atoms with E-state index in [-0.39, 0.29) is 30.5 Å². The van der Waals surface area contributed by atoms with Gasteiger partial charge in [-0.25, -0.2) is 0 Å². The van der Waals surface area contributed by atoms with Crippen LogP contribution in [0.3, 0.4) is 0 Å². The van der Waals surface area contributed by atoms with Crippen molar-refractivity contribution in [3.63, 3.8) is 0 Å². The molecule has 0 aromatic heterocycles. The Hall–Kier alpha value is -0.900. The molecule has 1 rings (SSSR count). The summed E-state index contributed by atoms with van der Waals surface area (Å²) in [5.41, 5.74) is 0. The summed E-state index contributed by atoms with van der Waals surface area (Å²) in [6, 6.07) is 0. The monoisotopic (exact) mass is 172 g/mol. The Labute approximate surface area is 70.5 Å². The number of methoxy groups -OCH3 is 1. The molecule has 12 heavy (non-hydrogen) atoms. The minimum atomic E-state index is -0.970. The number of hydrogen-bond donors (Lipinski definition) is 1. The molecule has 4 heteroatoms. The van der Waals surface area contributed by atoms with Gasteiger partial charge in [-0.2, -0.15) is 0 Å². The van der Waals surface area contributed by atoms with Gasteiger partial charge < -0.3 is 9.84 Å². The molecule has 2 unspecified atom stereocenters. The van der Waals surface area contributed by atoms with Crippen LogP contribution in [0, 0.1) is 5.92 Å². The first-order chi connectivity index (χ1) is 5.65. The molecule has 0 saturated heterocycles. The lowest BCUT2D eigenvalue weighted by molar-refractivity contribution is -0.149. The Morgan fingerprint density at radius 1 is 1.67 bits per heavy atom. The Balaban J connectivity index is 2.50. The average Bonchev–Trinajstić information content (AvgIpc) is 2.08. The van der Waals surface area contributed by atoms with Gasteiger partial charge in [0.15, 0.2) is 5.78 Å². The molecule has 0 radical (unpaired) electrons. The number of aliphatic hydroxyl groups is 1. The highest BCUT2D eigenvalue weighted by Crippen LogP contribution is 2.22. The van der Waals surface area contributed by atoms with Crippen LogP contribution >= 0.6 is 0 Å². The van der Waals surface area contributed by atoms with E-state index in [1.807, 2.05) is 0 Å². The molecular formula is C8H12O4. The molecule has 2 atom stereocenters. The van der Waals surface area contributed by atoms with Gasteiger partial charge in [-0.3, -0.25) is 9.59 Å². The van der Waals surface area contributed by atoms with Gasteiger partial charge in [-0.15, -0.1) is 0 Å². The first-order valence-corrected chi connectivity index (χ1v) is 3.93. The summed E-state index contributed by atoms with van der Waals surface area (Å²) in [6.45, 7) is 0. The van der Waals surface area contributed by atoms with Crippen LogP contribution in [0.25, 0.3) is 0 Å². The van der Waals surface area contributed by atoms with Crippen molar-refractivity contribution in [1.29, 1.82) is 0 Å². The fourth-order valence-corrected chi connectivity index (χ4v) is 1.38. The standard InChI is InChI=1S/C8H12O4/c1-12-8(11)5-2-3-6(9)7(10)4-5/h5,7,10H,2-4H2,1H3. The van der Waals surface area contributed by atoms with E-state index in [9.17, 15) is 9.59 Å². The fraction of sp³-hybridized carbons (Fsp3) is 0.750. The summed E-state index contributed by atoms with van der Waals surface area (Å²) in [6.07, 6.45) is 0.0255. The van der Waals surface area contributed by atoms with Crippen LogP contribution in [-0.2, 0) is 14.3 Å². The molecule has 0 heterocycles. The Kier molecular flexibility index (Phi) is 2.81. The van der Waals surface area contributed by atoms with Crippen LogP contribution in [0.15, 0.2) is 0 Å². The SMILES string of the molecule is COC(=O)C1CCC(=O)C(O)C1. The van der Waals surface area contributed by atoms with Crippen LogP contribution in [0.2, 0.25) is 0 Å². The number of ketones is 1. The van der Waals surface area contributed by atoms with Gasteiger partial charge in [0.25, 0.3) is 0 Å². The van der Waals surface area contributed by atoms with Crippen molar-refractivity contribution in [2.24, 2.45) is 5.92 Å². The van der Waals surface area contributed by atoms with E-state index in [1.165, 1.54) is 7.11 Å². The molecule has 1 saturated carbocycles. The Bertz CT molecular complexity index is 199. The zero-order valence-electron chi connectivity index (χ0n) is 6.95.